The van der Waals surface area contributed by atoms with Gasteiger partial charge in [-0.25, -0.2) is 0 Å². The molecular formula is C19H15F3N2O. The van der Waals surface area contributed by atoms with Gasteiger partial charge in [0.05, 0.1) is 5.56 Å². The van der Waals surface area contributed by atoms with Crippen molar-refractivity contribution in [1.29, 1.82) is 5.26 Å². The van der Waals surface area contributed by atoms with Crippen LogP contribution in [0.2, 0.25) is 0 Å². The van der Waals surface area contributed by atoms with Crippen LogP contribution in [0.1, 0.15) is 23.6 Å². The lowest BCUT2D eigenvalue weighted by Crippen LogP contribution is -2.13. The molecule has 0 fully saturated rings. The predicted molar refractivity (Wildman–Crippen MR) is 89.5 cm³/mol. The fourth-order valence-corrected chi connectivity index (χ4v) is 2.14. The van der Waals surface area contributed by atoms with Crippen molar-refractivity contribution in [3.63, 3.8) is 0 Å². The third kappa shape index (κ3) is 4.95. The van der Waals surface area contributed by atoms with Gasteiger partial charge in [0.25, 0.3) is 5.91 Å². The van der Waals surface area contributed by atoms with Crippen molar-refractivity contribution >= 4 is 17.7 Å². The van der Waals surface area contributed by atoms with Crippen LogP contribution in [0.3, 0.4) is 0 Å². The van der Waals surface area contributed by atoms with Gasteiger partial charge < -0.3 is 5.32 Å². The zero-order chi connectivity index (χ0) is 18.4. The van der Waals surface area contributed by atoms with E-state index in [-0.39, 0.29) is 11.1 Å². The molecule has 0 aliphatic heterocycles. The van der Waals surface area contributed by atoms with E-state index >= 15 is 0 Å². The van der Waals surface area contributed by atoms with E-state index in [1.165, 1.54) is 12.1 Å². The molecule has 2 rings (SSSR count). The number of anilines is 1. The molecule has 2 aromatic rings. The van der Waals surface area contributed by atoms with Crippen LogP contribution in [0.25, 0.3) is 6.08 Å². The first-order valence-electron chi connectivity index (χ1n) is 7.53. The average molecular weight is 344 g/mol. The zero-order valence-electron chi connectivity index (χ0n) is 13.4. The first-order valence-corrected chi connectivity index (χ1v) is 7.53. The number of halogens is 3. The largest absolute Gasteiger partial charge is 0.416 e. The van der Waals surface area contributed by atoms with Gasteiger partial charge in [0.1, 0.15) is 11.6 Å². The van der Waals surface area contributed by atoms with Crippen LogP contribution in [-0.4, -0.2) is 5.91 Å². The van der Waals surface area contributed by atoms with Crippen LogP contribution >= 0.6 is 0 Å². The van der Waals surface area contributed by atoms with Crippen molar-refractivity contribution in [1.82, 2.24) is 0 Å². The van der Waals surface area contributed by atoms with Gasteiger partial charge in [-0.05, 0) is 47.9 Å². The Kier molecular flexibility index (Phi) is 5.60. The van der Waals surface area contributed by atoms with Crippen molar-refractivity contribution in [3.8, 4) is 6.07 Å². The summed E-state index contributed by atoms with van der Waals surface area (Å²) in [7, 11) is 0. The third-order valence-corrected chi connectivity index (χ3v) is 3.51. The number of nitrogens with zero attached hydrogens (tertiary/aromatic N) is 1. The SMILES string of the molecule is CCc1ccc(NC(=O)/C(C#N)=C/c2cccc(C(F)(F)F)c2)cc1. The minimum absolute atomic E-state index is 0.128. The highest BCUT2D eigenvalue weighted by Gasteiger charge is 2.30. The molecular weight excluding hydrogens is 329 g/mol. The van der Waals surface area contributed by atoms with Crippen LogP contribution in [0.5, 0.6) is 0 Å². The van der Waals surface area contributed by atoms with Crippen molar-refractivity contribution < 1.29 is 18.0 Å². The highest BCUT2D eigenvalue weighted by atomic mass is 19.4. The molecule has 0 aliphatic rings. The summed E-state index contributed by atoms with van der Waals surface area (Å²) in [5.41, 5.74) is 0.612. The Labute approximate surface area is 143 Å². The van der Waals surface area contributed by atoms with Crippen LogP contribution in [0.4, 0.5) is 18.9 Å². The lowest BCUT2D eigenvalue weighted by molar-refractivity contribution is -0.137. The number of nitrogens with one attached hydrogen (secondary N) is 1. The maximum Gasteiger partial charge on any atom is 0.416 e. The van der Waals surface area contributed by atoms with Gasteiger partial charge >= 0.3 is 6.18 Å². The summed E-state index contributed by atoms with van der Waals surface area (Å²) in [6, 6.07) is 13.3. The second-order valence-corrected chi connectivity index (χ2v) is 5.30. The lowest BCUT2D eigenvalue weighted by atomic mass is 10.1. The minimum Gasteiger partial charge on any atom is -0.321 e. The molecule has 0 saturated carbocycles. The molecule has 0 atom stereocenters. The summed E-state index contributed by atoms with van der Waals surface area (Å²) in [6.45, 7) is 2.00. The highest BCUT2D eigenvalue weighted by molar-refractivity contribution is 6.09. The zero-order valence-corrected chi connectivity index (χ0v) is 13.4. The summed E-state index contributed by atoms with van der Waals surface area (Å²) in [5, 5.41) is 11.7. The van der Waals surface area contributed by atoms with E-state index in [9.17, 15) is 18.0 Å². The first-order chi connectivity index (χ1) is 11.8. The second-order valence-electron chi connectivity index (χ2n) is 5.30. The first kappa shape index (κ1) is 18.3. The fraction of sp³-hybridized carbons (Fsp3) is 0.158. The van der Waals surface area contributed by atoms with Gasteiger partial charge in [-0.15, -0.1) is 0 Å². The van der Waals surface area contributed by atoms with Crippen LogP contribution < -0.4 is 5.32 Å². The third-order valence-electron chi connectivity index (χ3n) is 3.51. The summed E-state index contributed by atoms with van der Waals surface area (Å²) in [4.78, 5) is 12.2. The van der Waals surface area contributed by atoms with E-state index in [4.69, 9.17) is 5.26 Å². The van der Waals surface area contributed by atoms with Gasteiger partial charge in [-0.2, -0.15) is 18.4 Å². The van der Waals surface area contributed by atoms with Crippen LogP contribution in [-0.2, 0) is 17.4 Å². The van der Waals surface area contributed by atoms with Crippen LogP contribution in [0, 0.1) is 11.3 Å². The number of carbonyl (C=O) groups is 1. The smallest absolute Gasteiger partial charge is 0.321 e. The number of amides is 1. The predicted octanol–water partition coefficient (Wildman–Crippen LogP) is 4.81. The molecule has 0 unspecified atom stereocenters. The Morgan fingerprint density at radius 1 is 1.20 bits per heavy atom. The molecule has 1 N–H and O–H groups in total. The molecule has 0 aromatic heterocycles. The molecule has 0 radical (unpaired) electrons. The summed E-state index contributed by atoms with van der Waals surface area (Å²) >= 11 is 0. The Morgan fingerprint density at radius 2 is 1.88 bits per heavy atom. The summed E-state index contributed by atoms with van der Waals surface area (Å²) < 4.78 is 38.2. The quantitative estimate of drug-likeness (QED) is 0.639. The molecule has 2 aromatic carbocycles. The fourth-order valence-electron chi connectivity index (χ4n) is 2.14. The Balaban J connectivity index is 2.22. The van der Waals surface area contributed by atoms with E-state index < -0.39 is 17.6 Å². The number of hydrogen-bond donors (Lipinski definition) is 1. The van der Waals surface area contributed by atoms with Gasteiger partial charge in [0, 0.05) is 5.69 Å². The number of hydrogen-bond acceptors (Lipinski definition) is 2. The van der Waals surface area contributed by atoms with Gasteiger partial charge in [0.2, 0.25) is 0 Å². The van der Waals surface area contributed by atoms with E-state index in [1.807, 2.05) is 19.1 Å². The standard InChI is InChI=1S/C19H15F3N2O/c1-2-13-6-8-17(9-7-13)24-18(25)15(12-23)10-14-4-3-5-16(11-14)19(20,21)22/h3-11H,2H2,1H3,(H,24,25)/b15-10+. The summed E-state index contributed by atoms with van der Waals surface area (Å²) in [6.07, 6.45) is -2.50. The van der Waals surface area contributed by atoms with Gasteiger partial charge in [0.15, 0.2) is 0 Å². The van der Waals surface area contributed by atoms with Crippen LogP contribution in [0.15, 0.2) is 54.1 Å². The Hall–Kier alpha value is -3.07. The average Bonchev–Trinajstić information content (AvgIpc) is 2.59. The number of rotatable bonds is 4. The molecule has 0 spiro atoms. The van der Waals surface area contributed by atoms with Crippen molar-refractivity contribution in [2.24, 2.45) is 0 Å². The Bertz CT molecular complexity index is 831. The van der Waals surface area contributed by atoms with E-state index in [0.717, 1.165) is 30.2 Å². The molecule has 0 aliphatic carbocycles. The number of alkyl halides is 3. The number of carbonyl (C=O) groups excluding carboxylic acids is 1. The molecule has 25 heavy (non-hydrogen) atoms. The van der Waals surface area contributed by atoms with Crippen molar-refractivity contribution in [3.05, 3.63) is 70.8 Å². The molecule has 1 amide bonds. The van der Waals surface area contributed by atoms with E-state index in [1.54, 1.807) is 18.2 Å². The van der Waals surface area contributed by atoms with E-state index in [2.05, 4.69) is 5.32 Å². The number of nitriles is 1. The van der Waals surface area contributed by atoms with Crippen molar-refractivity contribution in [2.45, 2.75) is 19.5 Å². The molecule has 128 valence electrons. The molecule has 0 heterocycles. The maximum absolute atomic E-state index is 12.7. The van der Waals surface area contributed by atoms with Gasteiger partial charge in [-0.1, -0.05) is 31.2 Å². The lowest BCUT2D eigenvalue weighted by Gasteiger charge is -2.08. The Morgan fingerprint density at radius 3 is 2.44 bits per heavy atom. The normalized spacial score (nSPS) is 11.7. The van der Waals surface area contributed by atoms with Crippen molar-refractivity contribution in [2.75, 3.05) is 5.32 Å². The summed E-state index contributed by atoms with van der Waals surface area (Å²) in [5.74, 6) is -0.677. The number of benzene rings is 2. The molecule has 3 nitrogen and oxygen atoms in total. The minimum atomic E-state index is -4.49. The highest BCUT2D eigenvalue weighted by Crippen LogP contribution is 2.30. The monoisotopic (exact) mass is 344 g/mol. The molecule has 0 bridgehead atoms. The molecule has 0 saturated heterocycles. The second kappa shape index (κ2) is 7.67. The maximum atomic E-state index is 12.7. The number of aryl methyl sites for hydroxylation is 1. The van der Waals surface area contributed by atoms with Gasteiger partial charge in [-0.3, -0.25) is 4.79 Å². The molecule has 6 heteroatoms. The topological polar surface area (TPSA) is 52.9 Å². The van der Waals surface area contributed by atoms with E-state index in [0.29, 0.717) is 5.69 Å².